The molecule has 4 atom stereocenters. The minimum Gasteiger partial charge on any atom is -0.390 e. The van der Waals surface area contributed by atoms with Gasteiger partial charge in [0.2, 0.25) is 0 Å². The first-order valence-corrected chi connectivity index (χ1v) is 8.72. The summed E-state index contributed by atoms with van der Waals surface area (Å²) in [6.45, 7) is 5.53. The predicted octanol–water partition coefficient (Wildman–Crippen LogP) is 2.11. The Bertz CT molecular complexity index is 850. The van der Waals surface area contributed by atoms with Gasteiger partial charge in [0.05, 0.1) is 12.2 Å². The first-order chi connectivity index (χ1) is 12.4. The largest absolute Gasteiger partial charge is 0.390 e. The van der Waals surface area contributed by atoms with E-state index in [0.717, 1.165) is 0 Å². The zero-order chi connectivity index (χ0) is 18.8. The molecule has 1 amide bonds. The van der Waals surface area contributed by atoms with Crippen molar-refractivity contribution >= 4 is 11.7 Å². The maximum Gasteiger partial charge on any atom is 0.351 e. The molecule has 7 heteroatoms. The Labute approximate surface area is 151 Å². The van der Waals surface area contributed by atoms with Crippen LogP contribution >= 0.6 is 0 Å². The van der Waals surface area contributed by atoms with Gasteiger partial charge in [0.25, 0.3) is 5.91 Å². The second-order valence-corrected chi connectivity index (χ2v) is 6.61. The van der Waals surface area contributed by atoms with Crippen molar-refractivity contribution < 1.29 is 14.6 Å². The smallest absolute Gasteiger partial charge is 0.351 e. The summed E-state index contributed by atoms with van der Waals surface area (Å²) in [6.07, 6.45) is 0.762. The van der Waals surface area contributed by atoms with Crippen LogP contribution in [0.3, 0.4) is 0 Å². The Hall–Kier alpha value is -2.51. The average molecular weight is 357 g/mol. The molecule has 1 aliphatic heterocycles. The fourth-order valence-electron chi connectivity index (χ4n) is 3.19. The third kappa shape index (κ3) is 3.40. The van der Waals surface area contributed by atoms with Crippen molar-refractivity contribution in [2.45, 2.75) is 45.6 Å². The molecule has 2 aromatic rings. The quantitative estimate of drug-likeness (QED) is 0.874. The van der Waals surface area contributed by atoms with Gasteiger partial charge in [0.15, 0.2) is 0 Å². The Morgan fingerprint density at radius 2 is 2.04 bits per heavy atom. The van der Waals surface area contributed by atoms with Crippen LogP contribution in [0.4, 0.5) is 5.82 Å². The van der Waals surface area contributed by atoms with Crippen molar-refractivity contribution in [3.63, 3.8) is 0 Å². The molecule has 0 saturated carbocycles. The van der Waals surface area contributed by atoms with Crippen LogP contribution in [-0.2, 0) is 4.74 Å². The van der Waals surface area contributed by atoms with Gasteiger partial charge in [-0.2, -0.15) is 4.98 Å². The third-order valence-electron chi connectivity index (χ3n) is 4.76. The lowest BCUT2D eigenvalue weighted by Crippen LogP contribution is -2.32. The summed E-state index contributed by atoms with van der Waals surface area (Å²) < 4.78 is 7.22. The maximum atomic E-state index is 12.5. The first kappa shape index (κ1) is 18.3. The van der Waals surface area contributed by atoms with Crippen molar-refractivity contribution in [2.24, 2.45) is 5.92 Å². The zero-order valence-electron chi connectivity index (χ0n) is 15.0. The molecule has 7 nitrogen and oxygen atoms in total. The van der Waals surface area contributed by atoms with Gasteiger partial charge in [-0.3, -0.25) is 9.36 Å². The number of carbonyl (C=O) groups excluding carboxylic acids is 1. The topological polar surface area (TPSA) is 93.5 Å². The van der Waals surface area contributed by atoms with Gasteiger partial charge in [0.1, 0.15) is 12.0 Å². The van der Waals surface area contributed by atoms with Crippen molar-refractivity contribution in [2.75, 3.05) is 5.32 Å². The molecule has 1 saturated heterocycles. The maximum absolute atomic E-state index is 12.5. The molecular formula is C19H23N3O4. The van der Waals surface area contributed by atoms with E-state index in [1.165, 1.54) is 4.57 Å². The van der Waals surface area contributed by atoms with Crippen molar-refractivity contribution in [3.8, 4) is 0 Å². The number of amides is 1. The van der Waals surface area contributed by atoms with E-state index in [2.05, 4.69) is 10.3 Å². The molecule has 1 unspecified atom stereocenters. The summed E-state index contributed by atoms with van der Waals surface area (Å²) in [7, 11) is 0. The van der Waals surface area contributed by atoms with E-state index in [-0.39, 0.29) is 23.7 Å². The number of aliphatic hydroxyl groups is 1. The lowest BCUT2D eigenvalue weighted by Gasteiger charge is -2.19. The highest BCUT2D eigenvalue weighted by molar-refractivity contribution is 6.03. The molecule has 1 aromatic heterocycles. The lowest BCUT2D eigenvalue weighted by atomic mass is 10.0. The van der Waals surface area contributed by atoms with Crippen LogP contribution in [0.2, 0.25) is 0 Å². The average Bonchev–Trinajstić information content (AvgIpc) is 2.93. The Balaban J connectivity index is 1.85. The Kier molecular flexibility index (Phi) is 5.20. The number of aromatic nitrogens is 2. The monoisotopic (exact) mass is 357 g/mol. The van der Waals surface area contributed by atoms with Gasteiger partial charge in [-0.1, -0.05) is 32.0 Å². The molecule has 138 valence electrons. The molecule has 2 N–H and O–H groups in total. The van der Waals surface area contributed by atoms with E-state index >= 15 is 0 Å². The molecule has 1 fully saturated rings. The molecule has 0 spiro atoms. The van der Waals surface area contributed by atoms with Gasteiger partial charge in [-0.15, -0.1) is 0 Å². The van der Waals surface area contributed by atoms with E-state index < -0.39 is 18.0 Å². The van der Waals surface area contributed by atoms with Crippen LogP contribution in [0, 0.1) is 12.8 Å². The van der Waals surface area contributed by atoms with Crippen molar-refractivity contribution in [1.29, 1.82) is 0 Å². The minimum atomic E-state index is -0.630. The number of hydrogen-bond donors (Lipinski definition) is 2. The van der Waals surface area contributed by atoms with E-state index in [1.807, 2.05) is 19.9 Å². The molecular weight excluding hydrogens is 334 g/mol. The number of benzene rings is 1. The van der Waals surface area contributed by atoms with E-state index in [9.17, 15) is 14.7 Å². The lowest BCUT2D eigenvalue weighted by molar-refractivity contribution is -0.0249. The molecule has 3 rings (SSSR count). The molecule has 0 bridgehead atoms. The van der Waals surface area contributed by atoms with Gasteiger partial charge in [0, 0.05) is 23.2 Å². The van der Waals surface area contributed by atoms with Crippen LogP contribution < -0.4 is 11.0 Å². The molecule has 0 aliphatic carbocycles. The van der Waals surface area contributed by atoms with Crippen molar-refractivity contribution in [3.05, 3.63) is 58.1 Å². The molecule has 0 radical (unpaired) electrons. The summed E-state index contributed by atoms with van der Waals surface area (Å²) in [5.41, 5.74) is 0.596. The number of hydrogen-bond acceptors (Lipinski definition) is 5. The first-order valence-electron chi connectivity index (χ1n) is 8.72. The normalized spacial score (nSPS) is 25.2. The van der Waals surface area contributed by atoms with Crippen LogP contribution in [-0.4, -0.2) is 32.8 Å². The fraction of sp³-hybridized carbons (Fsp3) is 0.421. The highest BCUT2D eigenvalue weighted by Crippen LogP contribution is 2.35. The van der Waals surface area contributed by atoms with Crippen LogP contribution in [0.5, 0.6) is 0 Å². The number of aryl methyl sites for hydroxylation is 1. The second-order valence-electron chi connectivity index (χ2n) is 6.61. The molecule has 1 aliphatic rings. The number of ether oxygens (including phenoxy) is 1. The SMILES string of the molecule is CC[C@H]1O[C@@H](n2cc(C)c(NC(=O)c3ccccc3)nc2=O)[C@@H](C)C1O. The molecule has 2 heterocycles. The summed E-state index contributed by atoms with van der Waals surface area (Å²) in [5.74, 6) is -0.341. The zero-order valence-corrected chi connectivity index (χ0v) is 15.0. The minimum absolute atomic E-state index is 0.221. The standard InChI is InChI=1S/C19H23N3O4/c1-4-14-15(23)12(3)18(26-14)22-10-11(2)16(21-19(22)25)20-17(24)13-8-6-5-7-9-13/h5-10,12,14-15,18,23H,4H2,1-3H3,(H,20,21,24,25)/t12-,14+,15?,18+/m0/s1. The van der Waals surface area contributed by atoms with Gasteiger partial charge >= 0.3 is 5.69 Å². The molecule has 1 aromatic carbocycles. The number of anilines is 1. The summed E-state index contributed by atoms with van der Waals surface area (Å²) >= 11 is 0. The van der Waals surface area contributed by atoms with E-state index in [0.29, 0.717) is 17.5 Å². The van der Waals surface area contributed by atoms with Gasteiger partial charge < -0.3 is 15.2 Å². The highest BCUT2D eigenvalue weighted by Gasteiger charge is 2.41. The van der Waals surface area contributed by atoms with Crippen LogP contribution in [0.1, 0.15) is 42.4 Å². The third-order valence-corrected chi connectivity index (χ3v) is 4.76. The molecule has 26 heavy (non-hydrogen) atoms. The van der Waals surface area contributed by atoms with E-state index in [1.54, 1.807) is 37.4 Å². The second kappa shape index (κ2) is 7.39. The van der Waals surface area contributed by atoms with Crippen LogP contribution in [0.15, 0.2) is 41.3 Å². The number of carbonyl (C=O) groups is 1. The Morgan fingerprint density at radius 1 is 1.35 bits per heavy atom. The summed E-state index contributed by atoms with van der Waals surface area (Å²) in [5, 5.41) is 12.9. The number of nitrogens with zero attached hydrogens (tertiary/aromatic N) is 2. The highest BCUT2D eigenvalue weighted by atomic mass is 16.5. The van der Waals surface area contributed by atoms with Gasteiger partial charge in [-0.25, -0.2) is 4.79 Å². The van der Waals surface area contributed by atoms with Gasteiger partial charge in [-0.05, 0) is 25.5 Å². The number of aliphatic hydroxyl groups excluding tert-OH is 1. The van der Waals surface area contributed by atoms with Crippen molar-refractivity contribution in [1.82, 2.24) is 9.55 Å². The fourth-order valence-corrected chi connectivity index (χ4v) is 3.19. The van der Waals surface area contributed by atoms with Crippen LogP contribution in [0.25, 0.3) is 0 Å². The summed E-state index contributed by atoms with van der Waals surface area (Å²) in [6, 6.07) is 8.73. The number of nitrogens with one attached hydrogen (secondary N) is 1. The summed E-state index contributed by atoms with van der Waals surface area (Å²) in [4.78, 5) is 28.8. The Morgan fingerprint density at radius 3 is 2.65 bits per heavy atom. The predicted molar refractivity (Wildman–Crippen MR) is 97.0 cm³/mol. The van der Waals surface area contributed by atoms with E-state index in [4.69, 9.17) is 4.74 Å². The number of rotatable bonds is 4.